The van der Waals surface area contributed by atoms with Gasteiger partial charge >= 0.3 is 0 Å². The van der Waals surface area contributed by atoms with Gasteiger partial charge in [-0.1, -0.05) is 18.2 Å². The molecule has 0 aliphatic carbocycles. The number of benzene rings is 1. The van der Waals surface area contributed by atoms with Gasteiger partial charge in [0, 0.05) is 5.39 Å². The molecule has 3 aromatic heterocycles. The quantitative estimate of drug-likeness (QED) is 0.545. The third kappa shape index (κ3) is 2.05. The van der Waals surface area contributed by atoms with Crippen molar-refractivity contribution in [1.29, 1.82) is 0 Å². The number of aromatic nitrogens is 6. The fraction of sp³-hybridized carbons (Fsp3) is 0. The summed E-state index contributed by atoms with van der Waals surface area (Å²) in [5.41, 5.74) is 8.00. The van der Waals surface area contributed by atoms with Gasteiger partial charge in [-0.15, -0.1) is 0 Å². The van der Waals surface area contributed by atoms with Gasteiger partial charge in [-0.2, -0.15) is 0 Å². The molecular weight excluding hydrogens is 286 g/mol. The zero-order chi connectivity index (χ0) is 14.2. The van der Waals surface area contributed by atoms with Crippen LogP contribution in [0.15, 0.2) is 47.0 Å². The summed E-state index contributed by atoms with van der Waals surface area (Å²) >= 11 is 1.41. The van der Waals surface area contributed by atoms with Crippen LogP contribution in [0.4, 0.5) is 5.95 Å². The number of nitrogens with zero attached hydrogens (tertiary/aromatic N) is 5. The van der Waals surface area contributed by atoms with E-state index in [0.29, 0.717) is 5.65 Å². The zero-order valence-electron chi connectivity index (χ0n) is 10.7. The van der Waals surface area contributed by atoms with Crippen LogP contribution in [-0.2, 0) is 0 Å². The van der Waals surface area contributed by atoms with Crippen molar-refractivity contribution in [2.45, 2.75) is 10.1 Å². The highest BCUT2D eigenvalue weighted by Crippen LogP contribution is 2.33. The Bertz CT molecular complexity index is 949. The second-order valence-corrected chi connectivity index (χ2v) is 5.26. The maximum Gasteiger partial charge on any atom is 0.221 e. The predicted molar refractivity (Wildman–Crippen MR) is 79.8 cm³/mol. The van der Waals surface area contributed by atoms with E-state index in [2.05, 4.69) is 29.9 Å². The molecule has 0 saturated carbocycles. The second-order valence-electron chi connectivity index (χ2n) is 4.29. The molecule has 1 aromatic carbocycles. The number of nitrogen functional groups attached to an aromatic ring is 1. The molecule has 0 fully saturated rings. The van der Waals surface area contributed by atoms with Crippen LogP contribution >= 0.6 is 11.8 Å². The van der Waals surface area contributed by atoms with Crippen molar-refractivity contribution in [3.63, 3.8) is 0 Å². The lowest BCUT2D eigenvalue weighted by Crippen LogP contribution is -1.97. The molecule has 102 valence electrons. The van der Waals surface area contributed by atoms with Crippen molar-refractivity contribution in [1.82, 2.24) is 29.9 Å². The number of para-hydroxylation sites is 1. The fourth-order valence-corrected chi connectivity index (χ4v) is 3.01. The molecule has 3 heterocycles. The Labute approximate surface area is 123 Å². The number of H-pyrrole nitrogens is 1. The molecule has 0 aliphatic rings. The molecule has 0 bridgehead atoms. The van der Waals surface area contributed by atoms with Gasteiger partial charge in [-0.05, 0) is 17.8 Å². The Hall–Kier alpha value is -2.74. The first-order valence-electron chi connectivity index (χ1n) is 6.15. The Morgan fingerprint density at radius 2 is 1.90 bits per heavy atom. The highest BCUT2D eigenvalue weighted by molar-refractivity contribution is 7.99. The van der Waals surface area contributed by atoms with E-state index in [-0.39, 0.29) is 5.95 Å². The molecule has 4 rings (SSSR count). The number of anilines is 1. The first-order chi connectivity index (χ1) is 10.3. The standard InChI is InChI=1S/C13H9N7S/c14-13-19-8-4-2-1-3-7(8)11(20-13)21-12-9-10(16-5-15-9)17-6-18-12/h1-6H,(H2,14,19,20)(H,15,16,17,18). The Kier molecular flexibility index (Phi) is 2.68. The third-order valence-corrected chi connectivity index (χ3v) is 3.97. The molecule has 0 aliphatic heterocycles. The van der Waals surface area contributed by atoms with Crippen molar-refractivity contribution < 1.29 is 0 Å². The molecule has 0 amide bonds. The van der Waals surface area contributed by atoms with Crippen molar-refractivity contribution in [2.75, 3.05) is 5.73 Å². The second kappa shape index (κ2) is 4.67. The Balaban J connectivity index is 1.89. The maximum absolute atomic E-state index is 5.78. The van der Waals surface area contributed by atoms with Crippen LogP contribution in [0.25, 0.3) is 22.1 Å². The van der Waals surface area contributed by atoms with Crippen LogP contribution in [0, 0.1) is 0 Å². The van der Waals surface area contributed by atoms with Gasteiger partial charge in [0.2, 0.25) is 5.95 Å². The van der Waals surface area contributed by atoms with Gasteiger partial charge in [0.15, 0.2) is 5.65 Å². The molecule has 3 N–H and O–H groups in total. The summed E-state index contributed by atoms with van der Waals surface area (Å²) in [6.07, 6.45) is 3.08. The van der Waals surface area contributed by atoms with E-state index in [9.17, 15) is 0 Å². The summed E-state index contributed by atoms with van der Waals surface area (Å²) in [6.45, 7) is 0. The zero-order valence-corrected chi connectivity index (χ0v) is 11.5. The van der Waals surface area contributed by atoms with Crippen molar-refractivity contribution in [3.8, 4) is 0 Å². The van der Waals surface area contributed by atoms with Crippen LogP contribution in [0.1, 0.15) is 0 Å². The van der Waals surface area contributed by atoms with E-state index >= 15 is 0 Å². The normalized spacial score (nSPS) is 11.2. The number of fused-ring (bicyclic) bond motifs is 2. The molecule has 0 spiro atoms. The average Bonchev–Trinajstić information content (AvgIpc) is 2.96. The van der Waals surface area contributed by atoms with Crippen LogP contribution in [0.5, 0.6) is 0 Å². The van der Waals surface area contributed by atoms with Crippen molar-refractivity contribution >= 4 is 39.8 Å². The number of aromatic amines is 1. The molecule has 7 nitrogen and oxygen atoms in total. The summed E-state index contributed by atoms with van der Waals surface area (Å²) in [5, 5.41) is 2.44. The van der Waals surface area contributed by atoms with Gasteiger partial charge in [0.25, 0.3) is 0 Å². The molecule has 0 radical (unpaired) electrons. The lowest BCUT2D eigenvalue weighted by molar-refractivity contribution is 1.07. The summed E-state index contributed by atoms with van der Waals surface area (Å²) < 4.78 is 0. The molecular formula is C13H9N7S. The molecule has 0 saturated heterocycles. The molecule has 0 atom stereocenters. The number of hydrogen-bond acceptors (Lipinski definition) is 7. The third-order valence-electron chi connectivity index (χ3n) is 2.97. The van der Waals surface area contributed by atoms with E-state index in [4.69, 9.17) is 5.73 Å². The van der Waals surface area contributed by atoms with E-state index in [0.717, 1.165) is 26.5 Å². The van der Waals surface area contributed by atoms with Crippen molar-refractivity contribution in [3.05, 3.63) is 36.9 Å². The summed E-state index contributed by atoms with van der Waals surface area (Å²) in [4.78, 5) is 24.1. The average molecular weight is 295 g/mol. The first-order valence-corrected chi connectivity index (χ1v) is 6.97. The highest BCUT2D eigenvalue weighted by Gasteiger charge is 2.12. The van der Waals surface area contributed by atoms with Crippen LogP contribution < -0.4 is 5.73 Å². The monoisotopic (exact) mass is 295 g/mol. The van der Waals surface area contributed by atoms with Gasteiger partial charge in [-0.3, -0.25) is 0 Å². The van der Waals surface area contributed by atoms with E-state index < -0.39 is 0 Å². The molecule has 8 heteroatoms. The summed E-state index contributed by atoms with van der Waals surface area (Å²) in [7, 11) is 0. The summed E-state index contributed by atoms with van der Waals surface area (Å²) in [5.74, 6) is 0.242. The smallest absolute Gasteiger partial charge is 0.221 e. The lowest BCUT2D eigenvalue weighted by Gasteiger charge is -2.05. The van der Waals surface area contributed by atoms with Gasteiger partial charge in [0.1, 0.15) is 21.9 Å². The minimum absolute atomic E-state index is 0.242. The number of imidazole rings is 1. The SMILES string of the molecule is Nc1nc(Sc2ncnc3nc[nH]c23)c2ccccc2n1. The molecule has 21 heavy (non-hydrogen) atoms. The van der Waals surface area contributed by atoms with Crippen LogP contribution in [-0.4, -0.2) is 29.9 Å². The number of rotatable bonds is 2. The highest BCUT2D eigenvalue weighted by atomic mass is 32.2. The Morgan fingerprint density at radius 3 is 2.86 bits per heavy atom. The van der Waals surface area contributed by atoms with Gasteiger partial charge in [0.05, 0.1) is 11.8 Å². The Morgan fingerprint density at radius 1 is 1.00 bits per heavy atom. The number of nitrogens with two attached hydrogens (primary N) is 1. The maximum atomic E-state index is 5.78. The van der Waals surface area contributed by atoms with Crippen molar-refractivity contribution in [2.24, 2.45) is 0 Å². The summed E-state index contributed by atoms with van der Waals surface area (Å²) in [6, 6.07) is 7.73. The largest absolute Gasteiger partial charge is 0.368 e. The van der Waals surface area contributed by atoms with Crippen LogP contribution in [0.3, 0.4) is 0 Å². The van der Waals surface area contributed by atoms with Gasteiger partial charge in [-0.25, -0.2) is 24.9 Å². The minimum atomic E-state index is 0.242. The molecule has 0 unspecified atom stereocenters. The van der Waals surface area contributed by atoms with E-state index in [1.165, 1.54) is 18.1 Å². The number of hydrogen-bond donors (Lipinski definition) is 2. The number of nitrogens with one attached hydrogen (secondary N) is 1. The predicted octanol–water partition coefficient (Wildman–Crippen LogP) is 2.03. The molecule has 4 aromatic rings. The minimum Gasteiger partial charge on any atom is -0.368 e. The first kappa shape index (κ1) is 12.0. The van der Waals surface area contributed by atoms with Crippen LogP contribution in [0.2, 0.25) is 0 Å². The lowest BCUT2D eigenvalue weighted by atomic mass is 10.2. The van der Waals surface area contributed by atoms with E-state index in [1.807, 2.05) is 24.3 Å². The fourth-order valence-electron chi connectivity index (χ4n) is 2.05. The van der Waals surface area contributed by atoms with Gasteiger partial charge < -0.3 is 10.7 Å². The van der Waals surface area contributed by atoms with E-state index in [1.54, 1.807) is 6.33 Å². The topological polar surface area (TPSA) is 106 Å².